The molecule has 2 atom stereocenters. The average Bonchev–Trinajstić information content (AvgIpc) is 2.73. The maximum atomic E-state index is 12.1. The van der Waals surface area contributed by atoms with Crippen molar-refractivity contribution in [3.05, 3.63) is 33.8 Å². The van der Waals surface area contributed by atoms with Crippen molar-refractivity contribution >= 4 is 52.9 Å². The van der Waals surface area contributed by atoms with E-state index in [1.165, 1.54) is 0 Å². The molecule has 0 saturated carbocycles. The average molecular weight is 503 g/mol. The van der Waals surface area contributed by atoms with Crippen LogP contribution in [0.5, 0.6) is 0 Å². The van der Waals surface area contributed by atoms with Crippen LogP contribution in [0.25, 0.3) is 0 Å². The van der Waals surface area contributed by atoms with Gasteiger partial charge in [0.15, 0.2) is 0 Å². The Morgan fingerprint density at radius 1 is 1.09 bits per heavy atom. The molecule has 9 N–H and O–H groups in total. The molecule has 0 fully saturated rings. The molecule has 1 aromatic carbocycles. The molecule has 182 valence electrons. The first-order valence-electron chi connectivity index (χ1n) is 10.1. The Morgan fingerprint density at radius 2 is 1.73 bits per heavy atom. The lowest BCUT2D eigenvalue weighted by Crippen LogP contribution is -2.48. The number of benzene rings is 1. The molecule has 0 bridgehead atoms. The highest BCUT2D eigenvalue weighted by atomic mass is 35.5. The van der Waals surface area contributed by atoms with E-state index in [2.05, 4.69) is 15.6 Å². The number of carbonyl (C=O) groups is 4. The predicted octanol–water partition coefficient (Wildman–Crippen LogP) is 0.299. The molecule has 13 heteroatoms. The van der Waals surface area contributed by atoms with Gasteiger partial charge >= 0.3 is 5.97 Å². The van der Waals surface area contributed by atoms with Crippen LogP contribution >= 0.6 is 23.2 Å². The molecule has 0 aliphatic rings. The number of nitrogens with zero attached hydrogens (tertiary/aromatic N) is 1. The van der Waals surface area contributed by atoms with Gasteiger partial charge in [0.2, 0.25) is 23.7 Å². The fourth-order valence-electron chi connectivity index (χ4n) is 2.71. The second kappa shape index (κ2) is 14.4. The molecular formula is C20H28Cl2N6O5. The zero-order valence-corrected chi connectivity index (χ0v) is 19.4. The lowest BCUT2D eigenvalue weighted by Gasteiger charge is -2.17. The van der Waals surface area contributed by atoms with Gasteiger partial charge in [-0.25, -0.2) is 4.79 Å². The van der Waals surface area contributed by atoms with Crippen LogP contribution in [0.1, 0.15) is 37.7 Å². The van der Waals surface area contributed by atoms with Crippen molar-refractivity contribution in [2.24, 2.45) is 22.2 Å². The first-order valence-corrected chi connectivity index (χ1v) is 10.9. The van der Waals surface area contributed by atoms with Gasteiger partial charge in [0.1, 0.15) is 6.04 Å². The van der Waals surface area contributed by atoms with E-state index >= 15 is 0 Å². The highest BCUT2D eigenvalue weighted by Gasteiger charge is 2.24. The van der Waals surface area contributed by atoms with Gasteiger partial charge in [0, 0.05) is 16.5 Å². The Balaban J connectivity index is 2.57. The number of rotatable bonds is 12. The summed E-state index contributed by atoms with van der Waals surface area (Å²) in [5.74, 6) is -3.81. The van der Waals surface area contributed by atoms with Crippen molar-refractivity contribution in [2.45, 2.75) is 50.6 Å². The van der Waals surface area contributed by atoms with Gasteiger partial charge in [-0.3, -0.25) is 19.7 Å². The number of amides is 3. The summed E-state index contributed by atoms with van der Waals surface area (Å²) in [7, 11) is 0. The van der Waals surface area contributed by atoms with Crippen molar-refractivity contribution in [3.63, 3.8) is 0 Å². The molecule has 33 heavy (non-hydrogen) atoms. The Bertz CT molecular complexity index is 875. The first-order chi connectivity index (χ1) is 15.5. The monoisotopic (exact) mass is 502 g/mol. The lowest BCUT2D eigenvalue weighted by atomic mass is 10.1. The van der Waals surface area contributed by atoms with Gasteiger partial charge in [-0.2, -0.15) is 4.99 Å². The van der Waals surface area contributed by atoms with Crippen LogP contribution in [0.2, 0.25) is 10.0 Å². The lowest BCUT2D eigenvalue weighted by molar-refractivity contribution is -0.142. The molecule has 0 spiro atoms. The number of nitrogens with one attached hydrogen (secondary N) is 2. The van der Waals surface area contributed by atoms with Gasteiger partial charge in [0.25, 0.3) is 0 Å². The second-order valence-electron chi connectivity index (χ2n) is 7.14. The maximum absolute atomic E-state index is 12.1. The fraction of sp³-hybridized carbons (Fsp3) is 0.450. The summed E-state index contributed by atoms with van der Waals surface area (Å²) in [6.07, 6.45) is 0.903. The van der Waals surface area contributed by atoms with Crippen LogP contribution in [-0.4, -0.2) is 53.4 Å². The van der Waals surface area contributed by atoms with Crippen LogP contribution in [-0.2, 0) is 25.6 Å². The standard InChI is InChI=1S/C20H28Cl2N6O5/c21-12-4-3-5-13(22)11(12)10-17(30)28-20(25)27-16(29)8-7-15(19(32)33)26-18(31)14(24)6-1-2-9-23/h3-5,14-15H,1-2,6-10,23-24H2,(H,26,31)(H,32,33)(H3,25,27,28,29,30)/t14-,15+/m1/s1. The molecule has 0 unspecified atom stereocenters. The van der Waals surface area contributed by atoms with Gasteiger partial charge in [-0.1, -0.05) is 35.7 Å². The number of carboxylic acids is 1. The number of nitrogens with two attached hydrogens (primary N) is 3. The number of aliphatic imine (C=N–C) groups is 1. The third-order valence-electron chi connectivity index (χ3n) is 4.48. The summed E-state index contributed by atoms with van der Waals surface area (Å²) >= 11 is 12.0. The van der Waals surface area contributed by atoms with E-state index in [0.29, 0.717) is 41.4 Å². The van der Waals surface area contributed by atoms with E-state index < -0.39 is 41.7 Å². The minimum Gasteiger partial charge on any atom is -0.480 e. The Morgan fingerprint density at radius 3 is 2.30 bits per heavy atom. The fourth-order valence-corrected chi connectivity index (χ4v) is 3.24. The van der Waals surface area contributed by atoms with Gasteiger partial charge < -0.3 is 27.6 Å². The number of hydrogen-bond donors (Lipinski definition) is 6. The number of guanidine groups is 1. The summed E-state index contributed by atoms with van der Waals surface area (Å²) in [5.41, 5.74) is 17.1. The molecule has 0 aliphatic heterocycles. The Hall–Kier alpha value is -2.73. The van der Waals surface area contributed by atoms with Crippen LogP contribution in [0, 0.1) is 0 Å². The molecule has 0 aliphatic carbocycles. The molecule has 0 aromatic heterocycles. The van der Waals surface area contributed by atoms with Crippen molar-refractivity contribution in [1.29, 1.82) is 0 Å². The van der Waals surface area contributed by atoms with Gasteiger partial charge in [-0.15, -0.1) is 0 Å². The topological polar surface area (TPSA) is 203 Å². The van der Waals surface area contributed by atoms with Crippen molar-refractivity contribution in [3.8, 4) is 0 Å². The maximum Gasteiger partial charge on any atom is 0.326 e. The summed E-state index contributed by atoms with van der Waals surface area (Å²) in [5, 5.41) is 14.4. The van der Waals surface area contributed by atoms with Crippen molar-refractivity contribution in [2.75, 3.05) is 6.54 Å². The zero-order chi connectivity index (χ0) is 25.0. The molecular weight excluding hydrogens is 475 g/mol. The van der Waals surface area contributed by atoms with Crippen molar-refractivity contribution < 1.29 is 24.3 Å². The van der Waals surface area contributed by atoms with Crippen LogP contribution in [0.4, 0.5) is 0 Å². The third kappa shape index (κ3) is 10.6. The molecule has 0 heterocycles. The highest BCUT2D eigenvalue weighted by molar-refractivity contribution is 6.36. The largest absolute Gasteiger partial charge is 0.480 e. The molecule has 3 amide bonds. The molecule has 0 radical (unpaired) electrons. The summed E-state index contributed by atoms with van der Waals surface area (Å²) < 4.78 is 0. The number of hydrogen-bond acceptors (Lipinski definition) is 6. The van der Waals surface area contributed by atoms with Crippen LogP contribution in [0.15, 0.2) is 23.2 Å². The van der Waals surface area contributed by atoms with E-state index in [4.69, 9.17) is 40.4 Å². The number of carboxylic acid groups (broad SMARTS) is 1. The normalized spacial score (nSPS) is 13.2. The van der Waals surface area contributed by atoms with E-state index in [9.17, 15) is 24.3 Å². The van der Waals surface area contributed by atoms with Crippen LogP contribution in [0.3, 0.4) is 0 Å². The van der Waals surface area contributed by atoms with E-state index in [0.717, 1.165) is 0 Å². The second-order valence-corrected chi connectivity index (χ2v) is 7.96. The summed E-state index contributed by atoms with van der Waals surface area (Å²) in [6, 6.07) is 2.55. The number of unbranched alkanes of at least 4 members (excludes halogenated alkanes) is 1. The van der Waals surface area contributed by atoms with E-state index in [-0.39, 0.29) is 19.3 Å². The zero-order valence-electron chi connectivity index (χ0n) is 17.9. The Labute approximate surface area is 201 Å². The molecule has 1 aromatic rings. The predicted molar refractivity (Wildman–Crippen MR) is 125 cm³/mol. The minimum absolute atomic E-state index is 0.193. The summed E-state index contributed by atoms with van der Waals surface area (Å²) in [6.45, 7) is 0.464. The smallest absolute Gasteiger partial charge is 0.326 e. The van der Waals surface area contributed by atoms with Gasteiger partial charge in [-0.05, 0) is 43.5 Å². The van der Waals surface area contributed by atoms with E-state index in [1.807, 2.05) is 0 Å². The SMILES string of the molecule is NCCCC[C@@H](N)C(=O)N[C@@H](CCC(=O)N=C(N)NC(=O)Cc1c(Cl)cccc1Cl)C(=O)O. The third-order valence-corrected chi connectivity index (χ3v) is 5.19. The van der Waals surface area contributed by atoms with E-state index in [1.54, 1.807) is 18.2 Å². The number of carbonyl (C=O) groups excluding carboxylic acids is 3. The van der Waals surface area contributed by atoms with Crippen LogP contribution < -0.4 is 27.8 Å². The molecule has 1 rings (SSSR count). The van der Waals surface area contributed by atoms with Gasteiger partial charge in [0.05, 0.1) is 12.5 Å². The quantitative estimate of drug-likeness (QED) is 0.133. The molecule has 0 saturated heterocycles. The molecule has 11 nitrogen and oxygen atoms in total. The number of halogens is 2. The Kier molecular flexibility index (Phi) is 12.4. The number of aliphatic carboxylic acids is 1. The first kappa shape index (κ1) is 28.3. The minimum atomic E-state index is -1.34. The highest BCUT2D eigenvalue weighted by Crippen LogP contribution is 2.24. The summed E-state index contributed by atoms with van der Waals surface area (Å²) in [4.78, 5) is 51.1. The van der Waals surface area contributed by atoms with Crippen molar-refractivity contribution in [1.82, 2.24) is 10.6 Å².